The largest absolute Gasteiger partial charge is 0.313 e. The Bertz CT molecular complexity index is 2690. The van der Waals surface area contributed by atoms with Crippen molar-refractivity contribution in [1.29, 1.82) is 0 Å². The molecule has 0 saturated carbocycles. The van der Waals surface area contributed by atoms with Gasteiger partial charge in [0.05, 0.1) is 16.6 Å². The van der Waals surface area contributed by atoms with E-state index >= 15 is 0 Å². The van der Waals surface area contributed by atoms with Crippen molar-refractivity contribution >= 4 is 44.4 Å². The Labute approximate surface area is 292 Å². The van der Waals surface area contributed by atoms with Gasteiger partial charge in [0.25, 0.3) is 0 Å². The van der Waals surface area contributed by atoms with E-state index in [1.54, 1.807) is 0 Å². The molecule has 9 aromatic rings. The zero-order valence-corrected chi connectivity index (χ0v) is 28.1. The normalized spacial score (nSPS) is 11.9. The maximum absolute atomic E-state index is 4.21. The lowest BCUT2D eigenvalue weighted by atomic mass is 10.0. The Morgan fingerprint density at radius 3 is 1.88 bits per heavy atom. The zero-order valence-electron chi connectivity index (χ0n) is 28.1. The Morgan fingerprint density at radius 1 is 0.480 bits per heavy atom. The van der Waals surface area contributed by atoms with Crippen LogP contribution in [0.2, 0.25) is 0 Å². The van der Waals surface area contributed by atoms with Gasteiger partial charge >= 0.3 is 0 Å². The molecule has 0 aliphatic heterocycles. The number of aromatic nitrogens is 3. The molecule has 3 heteroatoms. The Balaban J connectivity index is 1.14. The van der Waals surface area contributed by atoms with Crippen LogP contribution < -0.4 is 0 Å². The van der Waals surface area contributed by atoms with Crippen LogP contribution in [0, 0.1) is 6.92 Å². The van der Waals surface area contributed by atoms with Gasteiger partial charge in [0.1, 0.15) is 0 Å². The third-order valence-corrected chi connectivity index (χ3v) is 10.00. The summed E-state index contributed by atoms with van der Waals surface area (Å²) in [5.41, 5.74) is 15.6. The molecular weight excluding hydrogens is 607 g/mol. The fourth-order valence-electron chi connectivity index (χ4n) is 7.51. The highest BCUT2D eigenvalue weighted by Gasteiger charge is 2.16. The minimum Gasteiger partial charge on any atom is -0.313 e. The molecule has 9 rings (SSSR count). The van der Waals surface area contributed by atoms with Crippen LogP contribution in [0.4, 0.5) is 0 Å². The number of allylic oxidation sites excluding steroid dienone is 1. The van der Waals surface area contributed by atoms with Crippen LogP contribution in [-0.4, -0.2) is 14.1 Å². The number of para-hydroxylation sites is 2. The lowest BCUT2D eigenvalue weighted by Crippen LogP contribution is -1.96. The van der Waals surface area contributed by atoms with Gasteiger partial charge < -0.3 is 9.13 Å². The molecule has 3 aromatic heterocycles. The van der Waals surface area contributed by atoms with Gasteiger partial charge in [0.2, 0.25) is 0 Å². The first-order chi connectivity index (χ1) is 24.6. The molecule has 50 heavy (non-hydrogen) atoms. The average molecular weight is 642 g/mol. The highest BCUT2D eigenvalue weighted by molar-refractivity contribution is 6.10. The van der Waals surface area contributed by atoms with E-state index in [0.717, 1.165) is 16.9 Å². The van der Waals surface area contributed by atoms with Gasteiger partial charge in [0.15, 0.2) is 0 Å². The third kappa shape index (κ3) is 5.03. The molecule has 0 atom stereocenters. The van der Waals surface area contributed by atoms with Crippen molar-refractivity contribution in [2.45, 2.75) is 13.8 Å². The maximum atomic E-state index is 4.21. The van der Waals surface area contributed by atoms with E-state index in [9.17, 15) is 0 Å². The van der Waals surface area contributed by atoms with Gasteiger partial charge in [-0.3, -0.25) is 4.98 Å². The molecule has 0 saturated heterocycles. The van der Waals surface area contributed by atoms with Gasteiger partial charge in [0, 0.05) is 51.2 Å². The molecule has 0 radical (unpaired) electrons. The fourth-order valence-corrected chi connectivity index (χ4v) is 7.51. The summed E-state index contributed by atoms with van der Waals surface area (Å²) in [5.74, 6) is 0. The van der Waals surface area contributed by atoms with Crippen LogP contribution in [0.1, 0.15) is 23.7 Å². The van der Waals surface area contributed by atoms with E-state index in [1.807, 2.05) is 12.4 Å². The molecule has 0 fully saturated rings. The van der Waals surface area contributed by atoms with Gasteiger partial charge in [-0.25, -0.2) is 0 Å². The standard InChI is InChI=1S/C47H35N3/c1-32(29-43-33(2)49(45-17-8-6-15-41(43)45)39-22-19-35(20-23-39)34-11-4-3-5-12-34)37-21-24-47-44(31-37)42-16-7-9-18-46(42)50(47)40-14-10-13-38(30-40)36-25-27-48-28-26-36/h3-31H,1-2H3. The molecule has 0 aliphatic carbocycles. The summed E-state index contributed by atoms with van der Waals surface area (Å²) < 4.78 is 4.78. The monoisotopic (exact) mass is 641 g/mol. The molecule has 0 spiro atoms. The SMILES string of the molecule is CC(=Cc1c(C)n(-c2ccc(-c3ccccc3)cc2)c2ccccc12)c1ccc2c(c1)c1ccccc1n2-c1cccc(-c2ccncc2)c1. The highest BCUT2D eigenvalue weighted by atomic mass is 15.0. The van der Waals surface area contributed by atoms with Crippen molar-refractivity contribution in [2.75, 3.05) is 0 Å². The third-order valence-electron chi connectivity index (χ3n) is 10.00. The molecule has 3 heterocycles. The predicted molar refractivity (Wildman–Crippen MR) is 211 cm³/mol. The van der Waals surface area contributed by atoms with Crippen molar-refractivity contribution in [3.63, 3.8) is 0 Å². The maximum Gasteiger partial charge on any atom is 0.0541 e. The summed E-state index contributed by atoms with van der Waals surface area (Å²) in [6, 6.07) is 56.8. The summed E-state index contributed by atoms with van der Waals surface area (Å²) in [6.45, 7) is 4.47. The summed E-state index contributed by atoms with van der Waals surface area (Å²) in [6.07, 6.45) is 6.07. The molecule has 0 aliphatic rings. The number of hydrogen-bond acceptors (Lipinski definition) is 1. The first kappa shape index (κ1) is 29.7. The van der Waals surface area contributed by atoms with Gasteiger partial charge in [-0.15, -0.1) is 0 Å². The van der Waals surface area contributed by atoms with E-state index in [-0.39, 0.29) is 0 Å². The smallest absolute Gasteiger partial charge is 0.0541 e. The van der Waals surface area contributed by atoms with Crippen molar-refractivity contribution in [1.82, 2.24) is 14.1 Å². The highest BCUT2D eigenvalue weighted by Crippen LogP contribution is 2.37. The topological polar surface area (TPSA) is 22.8 Å². The molecule has 0 bridgehead atoms. The molecule has 3 nitrogen and oxygen atoms in total. The number of pyridine rings is 1. The minimum absolute atomic E-state index is 1.14. The number of rotatable bonds is 6. The van der Waals surface area contributed by atoms with Crippen molar-refractivity contribution in [2.24, 2.45) is 0 Å². The lowest BCUT2D eigenvalue weighted by molar-refractivity contribution is 1.05. The molecule has 0 unspecified atom stereocenters. The number of nitrogens with zero attached hydrogens (tertiary/aromatic N) is 3. The molecular formula is C47H35N3. The quantitative estimate of drug-likeness (QED) is 0.177. The van der Waals surface area contributed by atoms with E-state index in [2.05, 4.69) is 192 Å². The number of hydrogen-bond donors (Lipinski definition) is 0. The van der Waals surface area contributed by atoms with Crippen LogP contribution in [-0.2, 0) is 0 Å². The van der Waals surface area contributed by atoms with Crippen molar-refractivity contribution in [3.05, 3.63) is 187 Å². The summed E-state index contributed by atoms with van der Waals surface area (Å²) in [4.78, 5) is 4.21. The van der Waals surface area contributed by atoms with Crippen LogP contribution >= 0.6 is 0 Å². The molecule has 238 valence electrons. The van der Waals surface area contributed by atoms with Crippen molar-refractivity contribution in [3.8, 4) is 33.6 Å². The summed E-state index contributed by atoms with van der Waals surface area (Å²) >= 11 is 0. The summed E-state index contributed by atoms with van der Waals surface area (Å²) in [7, 11) is 0. The van der Waals surface area contributed by atoms with E-state index in [4.69, 9.17) is 0 Å². The van der Waals surface area contributed by atoms with Crippen molar-refractivity contribution < 1.29 is 0 Å². The van der Waals surface area contributed by atoms with Crippen LogP contribution in [0.3, 0.4) is 0 Å². The van der Waals surface area contributed by atoms with Crippen LogP contribution in [0.5, 0.6) is 0 Å². The number of benzene rings is 6. The summed E-state index contributed by atoms with van der Waals surface area (Å²) in [5, 5.41) is 3.75. The minimum atomic E-state index is 1.14. The number of fused-ring (bicyclic) bond motifs is 4. The first-order valence-electron chi connectivity index (χ1n) is 17.1. The van der Waals surface area contributed by atoms with E-state index in [1.165, 1.54) is 71.8 Å². The molecule has 0 N–H and O–H groups in total. The lowest BCUT2D eigenvalue weighted by Gasteiger charge is -2.11. The predicted octanol–water partition coefficient (Wildman–Crippen LogP) is 12.3. The fraction of sp³-hybridized carbons (Fsp3) is 0.0426. The average Bonchev–Trinajstić information content (AvgIpc) is 3.66. The zero-order chi connectivity index (χ0) is 33.6. The second-order valence-corrected chi connectivity index (χ2v) is 13.0. The molecule has 6 aromatic carbocycles. The Hall–Kier alpha value is -6.45. The second-order valence-electron chi connectivity index (χ2n) is 13.0. The van der Waals surface area contributed by atoms with Crippen LogP contribution in [0.15, 0.2) is 170 Å². The Kier molecular flexibility index (Phi) is 7.25. The van der Waals surface area contributed by atoms with Gasteiger partial charge in [-0.1, -0.05) is 97.1 Å². The second kappa shape index (κ2) is 12.2. The van der Waals surface area contributed by atoms with Gasteiger partial charge in [-0.2, -0.15) is 0 Å². The van der Waals surface area contributed by atoms with Crippen LogP contribution in [0.25, 0.3) is 78.0 Å². The Morgan fingerprint density at radius 2 is 1.10 bits per heavy atom. The van der Waals surface area contributed by atoms with Gasteiger partial charge in [-0.05, 0) is 114 Å². The molecule has 0 amide bonds. The van der Waals surface area contributed by atoms with E-state index < -0.39 is 0 Å². The van der Waals surface area contributed by atoms with E-state index in [0.29, 0.717) is 0 Å². The first-order valence-corrected chi connectivity index (χ1v) is 17.1.